The SMILES string of the molecule is O=C(CSC(=S)N1C[C@@H]2C[C@H](C1)c1cccc(=O)n1C2)Nc1ccc2c(c1)OCCO2. The highest BCUT2D eigenvalue weighted by Gasteiger charge is 2.35. The predicted octanol–water partition coefficient (Wildman–Crippen LogP) is 2.70. The summed E-state index contributed by atoms with van der Waals surface area (Å²) in [6.45, 7) is 3.39. The van der Waals surface area contributed by atoms with Crippen molar-refractivity contribution in [2.75, 3.05) is 37.4 Å². The Balaban J connectivity index is 1.17. The molecule has 7 nitrogen and oxygen atoms in total. The summed E-state index contributed by atoms with van der Waals surface area (Å²) in [5, 5.41) is 2.90. The Morgan fingerprint density at radius 2 is 1.97 bits per heavy atom. The van der Waals surface area contributed by atoms with Crippen LogP contribution in [0.5, 0.6) is 11.5 Å². The zero-order chi connectivity index (χ0) is 21.4. The summed E-state index contributed by atoms with van der Waals surface area (Å²) in [5.41, 5.74) is 1.85. The number of amides is 1. The van der Waals surface area contributed by atoms with E-state index in [1.54, 1.807) is 24.3 Å². The Labute approximate surface area is 189 Å². The highest BCUT2D eigenvalue weighted by Crippen LogP contribution is 2.36. The van der Waals surface area contributed by atoms with Crippen molar-refractivity contribution in [1.29, 1.82) is 0 Å². The number of benzene rings is 1. The number of aromatic nitrogens is 1. The van der Waals surface area contributed by atoms with Crippen molar-refractivity contribution in [3.05, 3.63) is 52.4 Å². The van der Waals surface area contributed by atoms with Gasteiger partial charge in [-0.2, -0.15) is 0 Å². The van der Waals surface area contributed by atoms with Crippen molar-refractivity contribution < 1.29 is 14.3 Å². The van der Waals surface area contributed by atoms with Crippen molar-refractivity contribution in [2.24, 2.45) is 5.92 Å². The number of carbonyl (C=O) groups excluding carboxylic acids is 1. The number of nitrogens with one attached hydrogen (secondary N) is 1. The molecule has 2 atom stereocenters. The van der Waals surface area contributed by atoms with Gasteiger partial charge in [0.15, 0.2) is 11.5 Å². The fourth-order valence-corrected chi connectivity index (χ4v) is 5.57. The number of hydrogen-bond acceptors (Lipinski definition) is 6. The number of likely N-dealkylation sites (tertiary alicyclic amines) is 1. The Morgan fingerprint density at radius 3 is 2.84 bits per heavy atom. The predicted molar refractivity (Wildman–Crippen MR) is 124 cm³/mol. The number of piperidine rings is 1. The largest absolute Gasteiger partial charge is 0.486 e. The lowest BCUT2D eigenvalue weighted by Gasteiger charge is -2.43. The third kappa shape index (κ3) is 4.29. The number of carbonyl (C=O) groups is 1. The number of fused-ring (bicyclic) bond motifs is 5. The molecule has 0 aliphatic carbocycles. The number of hydrogen-bond donors (Lipinski definition) is 1. The molecular weight excluding hydrogens is 434 g/mol. The number of pyridine rings is 1. The summed E-state index contributed by atoms with van der Waals surface area (Å²) in [5.74, 6) is 2.17. The van der Waals surface area contributed by atoms with E-state index >= 15 is 0 Å². The summed E-state index contributed by atoms with van der Waals surface area (Å²) < 4.78 is 13.7. The van der Waals surface area contributed by atoms with Gasteiger partial charge in [-0.15, -0.1) is 0 Å². The van der Waals surface area contributed by atoms with Gasteiger partial charge in [-0.25, -0.2) is 0 Å². The van der Waals surface area contributed by atoms with Gasteiger partial charge < -0.3 is 24.3 Å². The molecule has 1 N–H and O–H groups in total. The lowest BCUT2D eigenvalue weighted by Crippen LogP contribution is -2.48. The first kappa shape index (κ1) is 20.4. The third-order valence-electron chi connectivity index (χ3n) is 5.89. The van der Waals surface area contributed by atoms with Crippen LogP contribution in [-0.2, 0) is 11.3 Å². The molecule has 4 heterocycles. The molecule has 1 aromatic heterocycles. The van der Waals surface area contributed by atoms with E-state index in [-0.39, 0.29) is 17.2 Å². The second-order valence-electron chi connectivity index (χ2n) is 8.06. The summed E-state index contributed by atoms with van der Waals surface area (Å²) in [6.07, 6.45) is 1.08. The summed E-state index contributed by atoms with van der Waals surface area (Å²) in [4.78, 5) is 26.8. The smallest absolute Gasteiger partial charge is 0.250 e. The van der Waals surface area contributed by atoms with Crippen molar-refractivity contribution in [3.8, 4) is 11.5 Å². The van der Waals surface area contributed by atoms with Crippen LogP contribution < -0.4 is 20.3 Å². The maximum absolute atomic E-state index is 12.4. The van der Waals surface area contributed by atoms with Gasteiger partial charge in [0.25, 0.3) is 5.56 Å². The van der Waals surface area contributed by atoms with Crippen molar-refractivity contribution in [2.45, 2.75) is 18.9 Å². The van der Waals surface area contributed by atoms with Crippen molar-refractivity contribution in [3.63, 3.8) is 0 Å². The Hall–Kier alpha value is -2.52. The monoisotopic (exact) mass is 457 g/mol. The summed E-state index contributed by atoms with van der Waals surface area (Å²) >= 11 is 7.03. The molecule has 9 heteroatoms. The number of thioether (sulfide) groups is 1. The van der Waals surface area contributed by atoms with Gasteiger partial charge in [0.05, 0.1) is 5.75 Å². The highest BCUT2D eigenvalue weighted by molar-refractivity contribution is 8.23. The molecule has 162 valence electrons. The fraction of sp³-hybridized carbons (Fsp3) is 0.409. The minimum absolute atomic E-state index is 0.0772. The summed E-state index contributed by atoms with van der Waals surface area (Å²) in [6, 6.07) is 10.9. The van der Waals surface area contributed by atoms with E-state index in [4.69, 9.17) is 21.7 Å². The molecule has 31 heavy (non-hydrogen) atoms. The number of rotatable bonds is 3. The average Bonchev–Trinajstić information content (AvgIpc) is 2.78. The van der Waals surface area contributed by atoms with Gasteiger partial charge >= 0.3 is 0 Å². The van der Waals surface area contributed by atoms with E-state index in [9.17, 15) is 9.59 Å². The van der Waals surface area contributed by atoms with E-state index in [1.165, 1.54) is 11.8 Å². The second kappa shape index (κ2) is 8.55. The van der Waals surface area contributed by atoms with Gasteiger partial charge in [0.1, 0.15) is 17.5 Å². The maximum atomic E-state index is 12.4. The van der Waals surface area contributed by atoms with Gasteiger partial charge in [0, 0.05) is 49.1 Å². The van der Waals surface area contributed by atoms with E-state index in [1.807, 2.05) is 16.7 Å². The first-order chi connectivity index (χ1) is 15.1. The minimum atomic E-state index is -0.113. The molecule has 0 unspecified atom stereocenters. The molecule has 0 saturated carbocycles. The van der Waals surface area contributed by atoms with Crippen LogP contribution >= 0.6 is 24.0 Å². The molecule has 5 rings (SSSR count). The Bertz CT molecular complexity index is 1090. The maximum Gasteiger partial charge on any atom is 0.250 e. The lowest BCUT2D eigenvalue weighted by molar-refractivity contribution is -0.113. The van der Waals surface area contributed by atoms with Crippen LogP contribution in [0.25, 0.3) is 0 Å². The molecule has 1 amide bonds. The molecule has 0 spiro atoms. The van der Waals surface area contributed by atoms with Crippen LogP contribution in [0.1, 0.15) is 18.0 Å². The molecule has 3 aliphatic heterocycles. The van der Waals surface area contributed by atoms with Gasteiger partial charge in [-0.3, -0.25) is 9.59 Å². The van der Waals surface area contributed by atoms with Crippen LogP contribution in [0.3, 0.4) is 0 Å². The molecule has 0 radical (unpaired) electrons. The van der Waals surface area contributed by atoms with Crippen LogP contribution in [0, 0.1) is 5.92 Å². The van der Waals surface area contributed by atoms with Crippen molar-refractivity contribution >= 4 is 39.9 Å². The van der Waals surface area contributed by atoms with E-state index < -0.39 is 0 Å². The van der Waals surface area contributed by atoms with E-state index in [0.29, 0.717) is 42.2 Å². The highest BCUT2D eigenvalue weighted by atomic mass is 32.2. The topological polar surface area (TPSA) is 72.8 Å². The zero-order valence-corrected chi connectivity index (χ0v) is 18.5. The number of anilines is 1. The molecule has 1 aromatic carbocycles. The molecular formula is C22H23N3O4S2. The van der Waals surface area contributed by atoms with E-state index in [0.717, 1.165) is 36.1 Å². The number of thiocarbonyl (C=S) groups is 1. The molecule has 2 bridgehead atoms. The fourth-order valence-electron chi connectivity index (χ4n) is 4.58. The first-order valence-corrected chi connectivity index (χ1v) is 11.8. The van der Waals surface area contributed by atoms with Crippen molar-refractivity contribution in [1.82, 2.24) is 9.47 Å². The number of nitrogens with zero attached hydrogens (tertiary/aromatic N) is 2. The lowest BCUT2D eigenvalue weighted by atomic mass is 9.83. The first-order valence-electron chi connectivity index (χ1n) is 10.4. The van der Waals surface area contributed by atoms with E-state index in [2.05, 4.69) is 10.2 Å². The Kier molecular flexibility index (Phi) is 5.62. The van der Waals surface area contributed by atoms with Crippen LogP contribution in [0.2, 0.25) is 0 Å². The third-order valence-corrected chi connectivity index (χ3v) is 7.41. The Morgan fingerprint density at radius 1 is 1.13 bits per heavy atom. The quantitative estimate of drug-likeness (QED) is 0.711. The second-order valence-corrected chi connectivity index (χ2v) is 9.67. The normalized spacial score (nSPS) is 21.2. The molecule has 1 saturated heterocycles. The molecule has 3 aliphatic rings. The van der Waals surface area contributed by atoms with Gasteiger partial charge in [0.2, 0.25) is 5.91 Å². The van der Waals surface area contributed by atoms with Gasteiger partial charge in [-0.1, -0.05) is 30.0 Å². The zero-order valence-electron chi connectivity index (χ0n) is 16.9. The number of ether oxygens (including phenoxy) is 2. The van der Waals surface area contributed by atoms with Crippen LogP contribution in [0.15, 0.2) is 41.2 Å². The minimum Gasteiger partial charge on any atom is -0.486 e. The van der Waals surface area contributed by atoms with Crippen LogP contribution in [0.4, 0.5) is 5.69 Å². The average molecular weight is 458 g/mol. The molecule has 1 fully saturated rings. The standard InChI is InChI=1S/C22H23N3O4S2/c26-20(23-16-4-5-18-19(9-16)29-7-6-28-18)13-31-22(30)24-10-14-8-15(12-24)17-2-1-3-21(27)25(17)11-14/h1-5,9,14-15H,6-8,10-13H2,(H,23,26)/t14-,15+/m0/s1. The summed E-state index contributed by atoms with van der Waals surface area (Å²) in [7, 11) is 0. The van der Waals surface area contributed by atoms with Gasteiger partial charge in [-0.05, 0) is 30.5 Å². The van der Waals surface area contributed by atoms with Crippen LogP contribution in [-0.4, -0.2) is 51.8 Å². The molecule has 2 aromatic rings.